The smallest absolute Gasteiger partial charge is 0.397 e. The molecule has 0 fully saturated rings. The number of rotatable bonds is 5. The Morgan fingerprint density at radius 3 is 2.76 bits per heavy atom. The summed E-state index contributed by atoms with van der Waals surface area (Å²) in [5.74, 6) is 0.358. The number of hydrogen-bond donors (Lipinski definition) is 2. The molecule has 96 valence electrons. The third kappa shape index (κ3) is 5.60. The molecule has 3 N–H and O–H groups in total. The number of pyridine rings is 1. The van der Waals surface area contributed by atoms with Crippen molar-refractivity contribution in [1.29, 1.82) is 0 Å². The second kappa shape index (κ2) is 5.92. The number of nitrogens with one attached hydrogen (secondary N) is 1. The minimum Gasteiger partial charge on any atom is -0.397 e. The number of aromatic nitrogens is 1. The van der Waals surface area contributed by atoms with E-state index in [0.29, 0.717) is 16.5 Å². The highest BCUT2D eigenvalue weighted by molar-refractivity contribution is 6.33. The lowest BCUT2D eigenvalue weighted by molar-refractivity contribution is -0.172. The minimum atomic E-state index is -4.31. The van der Waals surface area contributed by atoms with Gasteiger partial charge < -0.3 is 15.8 Å². The molecular weight excluding hydrogens is 259 g/mol. The quantitative estimate of drug-likeness (QED) is 0.806. The van der Waals surface area contributed by atoms with Crippen molar-refractivity contribution in [3.8, 4) is 0 Å². The summed E-state index contributed by atoms with van der Waals surface area (Å²) >= 11 is 5.79. The van der Waals surface area contributed by atoms with Crippen molar-refractivity contribution in [1.82, 2.24) is 4.98 Å². The summed E-state index contributed by atoms with van der Waals surface area (Å²) in [5.41, 5.74) is 5.84. The molecule has 1 rings (SSSR count). The molecule has 1 heterocycles. The van der Waals surface area contributed by atoms with Crippen LogP contribution < -0.4 is 11.1 Å². The third-order valence-corrected chi connectivity index (χ3v) is 1.96. The van der Waals surface area contributed by atoms with Crippen molar-refractivity contribution in [3.05, 3.63) is 17.3 Å². The maximum atomic E-state index is 11.7. The summed E-state index contributed by atoms with van der Waals surface area (Å²) in [6, 6.07) is 1.49. The molecule has 0 unspecified atom stereocenters. The van der Waals surface area contributed by atoms with Crippen molar-refractivity contribution in [2.24, 2.45) is 0 Å². The predicted octanol–water partition coefficient (Wildman–Crippen LogP) is 2.31. The van der Waals surface area contributed by atoms with Gasteiger partial charge in [0, 0.05) is 6.54 Å². The lowest BCUT2D eigenvalue weighted by atomic mass is 10.4. The molecular formula is C9H11ClF3N3O. The Balaban J connectivity index is 2.27. The lowest BCUT2D eigenvalue weighted by Gasteiger charge is -2.09. The molecule has 8 heteroatoms. The Kier molecular flexibility index (Phi) is 4.83. The van der Waals surface area contributed by atoms with Gasteiger partial charge >= 0.3 is 6.18 Å². The van der Waals surface area contributed by atoms with E-state index < -0.39 is 12.8 Å². The molecule has 0 amide bonds. The van der Waals surface area contributed by atoms with Crippen LogP contribution in [0, 0.1) is 0 Å². The van der Waals surface area contributed by atoms with Gasteiger partial charge in [-0.2, -0.15) is 13.2 Å². The Bertz CT molecular complexity index is 373. The molecule has 4 nitrogen and oxygen atoms in total. The van der Waals surface area contributed by atoms with Gasteiger partial charge in [0.1, 0.15) is 12.4 Å². The zero-order valence-corrected chi connectivity index (χ0v) is 9.48. The van der Waals surface area contributed by atoms with Crippen molar-refractivity contribution in [3.63, 3.8) is 0 Å². The summed E-state index contributed by atoms with van der Waals surface area (Å²) < 4.78 is 39.6. The van der Waals surface area contributed by atoms with Crippen molar-refractivity contribution >= 4 is 23.1 Å². The number of anilines is 2. The molecule has 0 aliphatic heterocycles. The predicted molar refractivity (Wildman–Crippen MR) is 59.0 cm³/mol. The van der Waals surface area contributed by atoms with Gasteiger partial charge in [-0.25, -0.2) is 4.98 Å². The van der Waals surface area contributed by atoms with Crippen LogP contribution in [0.25, 0.3) is 0 Å². The van der Waals surface area contributed by atoms with Crippen LogP contribution in [0.5, 0.6) is 0 Å². The average molecular weight is 270 g/mol. The van der Waals surface area contributed by atoms with Crippen molar-refractivity contribution in [2.75, 3.05) is 30.8 Å². The summed E-state index contributed by atoms with van der Waals surface area (Å²) in [7, 11) is 0. The fourth-order valence-corrected chi connectivity index (χ4v) is 1.25. The SMILES string of the molecule is Nc1cnc(NCCOCC(F)(F)F)c(Cl)c1. The Morgan fingerprint density at radius 1 is 1.47 bits per heavy atom. The van der Waals surface area contributed by atoms with Crippen LogP contribution in [0.15, 0.2) is 12.3 Å². The Morgan fingerprint density at radius 2 is 2.18 bits per heavy atom. The van der Waals surface area contributed by atoms with E-state index in [-0.39, 0.29) is 13.2 Å². The number of nitrogen functional groups attached to an aromatic ring is 1. The van der Waals surface area contributed by atoms with Gasteiger partial charge in [-0.15, -0.1) is 0 Å². The number of nitrogens with two attached hydrogens (primary N) is 1. The molecule has 1 aromatic heterocycles. The van der Waals surface area contributed by atoms with E-state index in [1.54, 1.807) is 0 Å². The minimum absolute atomic E-state index is 0.0953. The number of alkyl halides is 3. The van der Waals surface area contributed by atoms with Gasteiger partial charge in [-0.05, 0) is 6.07 Å². The first-order chi connectivity index (χ1) is 7.88. The molecule has 0 spiro atoms. The summed E-state index contributed by atoms with van der Waals surface area (Å²) in [6.07, 6.45) is -2.91. The normalized spacial score (nSPS) is 11.5. The molecule has 1 aromatic rings. The molecule has 0 aliphatic carbocycles. The van der Waals surface area contributed by atoms with Crippen LogP contribution in [0.3, 0.4) is 0 Å². The second-order valence-corrected chi connectivity index (χ2v) is 3.60. The fourth-order valence-electron chi connectivity index (χ4n) is 1.01. The fraction of sp³-hybridized carbons (Fsp3) is 0.444. The van der Waals surface area contributed by atoms with Crippen LogP contribution in [-0.2, 0) is 4.74 Å². The first-order valence-electron chi connectivity index (χ1n) is 4.68. The van der Waals surface area contributed by atoms with Gasteiger partial charge in [0.2, 0.25) is 0 Å². The molecule has 0 aliphatic rings. The van der Waals surface area contributed by atoms with Gasteiger partial charge in [0.25, 0.3) is 0 Å². The largest absolute Gasteiger partial charge is 0.411 e. The molecule has 0 aromatic carbocycles. The van der Waals surface area contributed by atoms with Crippen LogP contribution in [0.1, 0.15) is 0 Å². The van der Waals surface area contributed by atoms with E-state index in [0.717, 1.165) is 0 Å². The molecule has 0 atom stereocenters. The van der Waals surface area contributed by atoms with E-state index >= 15 is 0 Å². The van der Waals surface area contributed by atoms with Crippen LogP contribution >= 0.6 is 11.6 Å². The summed E-state index contributed by atoms with van der Waals surface area (Å²) in [5, 5.41) is 3.04. The standard InChI is InChI=1S/C9H11ClF3N3O/c10-7-3-6(14)4-16-8(7)15-1-2-17-5-9(11,12)13/h3-4H,1-2,5,14H2,(H,15,16). The van der Waals surface area contributed by atoms with E-state index in [2.05, 4.69) is 15.0 Å². The maximum absolute atomic E-state index is 11.7. The highest BCUT2D eigenvalue weighted by Gasteiger charge is 2.27. The highest BCUT2D eigenvalue weighted by Crippen LogP contribution is 2.20. The van der Waals surface area contributed by atoms with E-state index in [1.165, 1.54) is 12.3 Å². The van der Waals surface area contributed by atoms with E-state index in [9.17, 15) is 13.2 Å². The maximum Gasteiger partial charge on any atom is 0.411 e. The number of halogens is 4. The Labute approximate surface area is 101 Å². The monoisotopic (exact) mass is 269 g/mol. The number of nitrogens with zero attached hydrogens (tertiary/aromatic N) is 1. The summed E-state index contributed by atoms with van der Waals surface area (Å²) in [4.78, 5) is 3.88. The van der Waals surface area contributed by atoms with E-state index in [1.807, 2.05) is 0 Å². The lowest BCUT2D eigenvalue weighted by Crippen LogP contribution is -2.20. The average Bonchev–Trinajstić information content (AvgIpc) is 2.18. The van der Waals surface area contributed by atoms with Gasteiger partial charge in [-0.1, -0.05) is 11.6 Å². The zero-order valence-electron chi connectivity index (χ0n) is 8.72. The first kappa shape index (κ1) is 13.9. The molecule has 17 heavy (non-hydrogen) atoms. The van der Waals surface area contributed by atoms with Gasteiger partial charge in [-0.3, -0.25) is 0 Å². The van der Waals surface area contributed by atoms with Gasteiger partial charge in [0.05, 0.1) is 23.5 Å². The molecule has 0 saturated heterocycles. The molecule has 0 saturated carbocycles. The molecule has 0 bridgehead atoms. The van der Waals surface area contributed by atoms with Crippen LogP contribution in [0.4, 0.5) is 24.7 Å². The van der Waals surface area contributed by atoms with Crippen LogP contribution in [0.2, 0.25) is 5.02 Å². The number of hydrogen-bond acceptors (Lipinski definition) is 4. The van der Waals surface area contributed by atoms with Crippen molar-refractivity contribution in [2.45, 2.75) is 6.18 Å². The van der Waals surface area contributed by atoms with Crippen molar-refractivity contribution < 1.29 is 17.9 Å². The summed E-state index contributed by atoms with van der Waals surface area (Å²) in [6.45, 7) is -1.19. The number of ether oxygens (including phenoxy) is 1. The topological polar surface area (TPSA) is 60.2 Å². The highest BCUT2D eigenvalue weighted by atomic mass is 35.5. The third-order valence-electron chi connectivity index (χ3n) is 1.67. The zero-order chi connectivity index (χ0) is 12.9. The van der Waals surface area contributed by atoms with Crippen LogP contribution in [-0.4, -0.2) is 30.9 Å². The van der Waals surface area contributed by atoms with Gasteiger partial charge in [0.15, 0.2) is 0 Å². The van der Waals surface area contributed by atoms with E-state index in [4.69, 9.17) is 17.3 Å². The first-order valence-corrected chi connectivity index (χ1v) is 5.05. The molecule has 0 radical (unpaired) electrons. The second-order valence-electron chi connectivity index (χ2n) is 3.19. The Hall–Kier alpha value is -1.21.